The zero-order valence-electron chi connectivity index (χ0n) is 13.9. The van der Waals surface area contributed by atoms with Crippen molar-refractivity contribution in [3.63, 3.8) is 0 Å². The maximum absolute atomic E-state index is 13.9. The number of para-hydroxylation sites is 2. The zero-order valence-corrected chi connectivity index (χ0v) is 13.9. The molecule has 128 valence electrons. The summed E-state index contributed by atoms with van der Waals surface area (Å²) in [7, 11) is 0. The van der Waals surface area contributed by atoms with Gasteiger partial charge in [0.25, 0.3) is 0 Å². The third kappa shape index (κ3) is 3.28. The van der Waals surface area contributed by atoms with Crippen LogP contribution >= 0.6 is 0 Å². The molecule has 4 nitrogen and oxygen atoms in total. The summed E-state index contributed by atoms with van der Waals surface area (Å²) in [5.74, 6) is 0.0969. The molecule has 2 heterocycles. The van der Waals surface area contributed by atoms with Crippen molar-refractivity contribution in [1.82, 2.24) is 9.88 Å². The lowest BCUT2D eigenvalue weighted by Gasteiger charge is -2.36. The minimum absolute atomic E-state index is 0.219. The molecular formula is C20H20FN3O. The highest BCUT2D eigenvalue weighted by Gasteiger charge is 2.20. The second kappa shape index (κ2) is 6.69. The molecule has 0 radical (unpaired) electrons. The number of anilines is 1. The van der Waals surface area contributed by atoms with Crippen molar-refractivity contribution < 1.29 is 9.50 Å². The van der Waals surface area contributed by atoms with E-state index in [0.717, 1.165) is 48.3 Å². The summed E-state index contributed by atoms with van der Waals surface area (Å²) < 4.78 is 13.9. The van der Waals surface area contributed by atoms with Crippen LogP contribution < -0.4 is 4.90 Å². The van der Waals surface area contributed by atoms with Crippen LogP contribution in [0.5, 0.6) is 5.75 Å². The topological polar surface area (TPSA) is 39.6 Å². The van der Waals surface area contributed by atoms with E-state index >= 15 is 0 Å². The molecule has 1 saturated heterocycles. The van der Waals surface area contributed by atoms with Gasteiger partial charge in [-0.1, -0.05) is 18.2 Å². The fraction of sp³-hybridized carbons (Fsp3) is 0.250. The number of rotatable bonds is 3. The number of hydrogen-bond donors (Lipinski definition) is 1. The Kier molecular flexibility index (Phi) is 4.24. The number of halogens is 1. The Morgan fingerprint density at radius 3 is 2.60 bits per heavy atom. The van der Waals surface area contributed by atoms with Gasteiger partial charge in [-0.25, -0.2) is 4.39 Å². The van der Waals surface area contributed by atoms with Gasteiger partial charge in [-0.05, 0) is 35.9 Å². The van der Waals surface area contributed by atoms with Crippen molar-refractivity contribution in [2.45, 2.75) is 6.54 Å². The zero-order chi connectivity index (χ0) is 17.2. The molecule has 2 aromatic carbocycles. The molecule has 1 aliphatic heterocycles. The summed E-state index contributed by atoms with van der Waals surface area (Å²) in [4.78, 5) is 8.92. The lowest BCUT2D eigenvalue weighted by atomic mass is 10.1. The molecule has 0 bridgehead atoms. The molecule has 0 unspecified atom stereocenters. The highest BCUT2D eigenvalue weighted by molar-refractivity contribution is 5.81. The van der Waals surface area contributed by atoms with Gasteiger partial charge in [0, 0.05) is 44.3 Å². The summed E-state index contributed by atoms with van der Waals surface area (Å²) in [5.41, 5.74) is 2.67. The smallest absolute Gasteiger partial charge is 0.138 e. The minimum atomic E-state index is -0.219. The lowest BCUT2D eigenvalue weighted by Crippen LogP contribution is -2.46. The maximum Gasteiger partial charge on any atom is 0.138 e. The first kappa shape index (κ1) is 15.8. The van der Waals surface area contributed by atoms with Crippen LogP contribution in [-0.4, -0.2) is 41.2 Å². The molecule has 1 aromatic heterocycles. The molecule has 1 fully saturated rings. The van der Waals surface area contributed by atoms with Gasteiger partial charge in [0.2, 0.25) is 0 Å². The number of nitrogens with zero attached hydrogens (tertiary/aromatic N) is 3. The quantitative estimate of drug-likeness (QED) is 0.795. The molecule has 5 heteroatoms. The highest BCUT2D eigenvalue weighted by Crippen LogP contribution is 2.28. The van der Waals surface area contributed by atoms with E-state index in [0.29, 0.717) is 12.3 Å². The predicted molar refractivity (Wildman–Crippen MR) is 97.3 cm³/mol. The van der Waals surface area contributed by atoms with E-state index in [2.05, 4.69) is 14.8 Å². The number of fused-ring (bicyclic) bond motifs is 1. The fourth-order valence-electron chi connectivity index (χ4n) is 3.47. The van der Waals surface area contributed by atoms with Crippen molar-refractivity contribution in [3.8, 4) is 5.75 Å². The van der Waals surface area contributed by atoms with Gasteiger partial charge in [-0.2, -0.15) is 0 Å². The monoisotopic (exact) mass is 337 g/mol. The van der Waals surface area contributed by atoms with E-state index in [1.807, 2.05) is 30.3 Å². The van der Waals surface area contributed by atoms with Gasteiger partial charge in [-0.3, -0.25) is 9.88 Å². The maximum atomic E-state index is 13.9. The Hall–Kier alpha value is -2.66. The number of benzene rings is 2. The van der Waals surface area contributed by atoms with E-state index in [4.69, 9.17) is 0 Å². The van der Waals surface area contributed by atoms with E-state index in [-0.39, 0.29) is 5.82 Å². The number of phenolic OH excluding ortho intramolecular Hbond substituents is 1. The molecule has 0 saturated carbocycles. The van der Waals surface area contributed by atoms with Gasteiger partial charge in [0.15, 0.2) is 0 Å². The minimum Gasteiger partial charge on any atom is -0.506 e. The van der Waals surface area contributed by atoms with E-state index < -0.39 is 0 Å². The number of phenols is 1. The summed E-state index contributed by atoms with van der Waals surface area (Å²) in [6, 6.07) is 14.3. The van der Waals surface area contributed by atoms with Gasteiger partial charge < -0.3 is 10.0 Å². The fourth-order valence-corrected chi connectivity index (χ4v) is 3.47. The second-order valence-corrected chi connectivity index (χ2v) is 6.39. The Morgan fingerprint density at radius 2 is 1.80 bits per heavy atom. The van der Waals surface area contributed by atoms with Crippen LogP contribution in [-0.2, 0) is 6.54 Å². The van der Waals surface area contributed by atoms with Gasteiger partial charge >= 0.3 is 0 Å². The number of aromatic nitrogens is 1. The van der Waals surface area contributed by atoms with Crippen molar-refractivity contribution in [2.24, 2.45) is 0 Å². The second-order valence-electron chi connectivity index (χ2n) is 6.39. The van der Waals surface area contributed by atoms with E-state index in [1.54, 1.807) is 18.3 Å². The van der Waals surface area contributed by atoms with Crippen LogP contribution in [0.25, 0.3) is 10.9 Å². The van der Waals surface area contributed by atoms with Gasteiger partial charge in [-0.15, -0.1) is 0 Å². The van der Waals surface area contributed by atoms with Crippen LogP contribution in [0.1, 0.15) is 5.56 Å². The largest absolute Gasteiger partial charge is 0.506 e. The standard InChI is InChI=1S/C20H20FN3O/c21-17-12-15-4-3-7-22-20(15)16(13-17)14-23-8-10-24(11-9-23)18-5-1-2-6-19(18)25/h1-7,12-13,25H,8-11,14H2. The Morgan fingerprint density at radius 1 is 1.00 bits per heavy atom. The molecule has 0 atom stereocenters. The average molecular weight is 337 g/mol. The highest BCUT2D eigenvalue weighted by atomic mass is 19.1. The lowest BCUT2D eigenvalue weighted by molar-refractivity contribution is 0.249. The van der Waals surface area contributed by atoms with Crippen molar-refractivity contribution in [1.29, 1.82) is 0 Å². The van der Waals surface area contributed by atoms with Crippen LogP contribution in [0, 0.1) is 5.82 Å². The van der Waals surface area contributed by atoms with Crippen LogP contribution in [0.3, 0.4) is 0 Å². The first-order chi connectivity index (χ1) is 12.2. The van der Waals surface area contributed by atoms with Crippen LogP contribution in [0.4, 0.5) is 10.1 Å². The number of aromatic hydroxyl groups is 1. The molecule has 1 N–H and O–H groups in total. The third-order valence-corrected chi connectivity index (χ3v) is 4.74. The number of piperazine rings is 1. The summed E-state index contributed by atoms with van der Waals surface area (Å²) in [6.07, 6.45) is 1.75. The van der Waals surface area contributed by atoms with E-state index in [9.17, 15) is 9.50 Å². The Bertz CT molecular complexity index is 891. The summed E-state index contributed by atoms with van der Waals surface area (Å²) >= 11 is 0. The SMILES string of the molecule is Oc1ccccc1N1CCN(Cc2cc(F)cc3cccnc23)CC1. The van der Waals surface area contributed by atoms with Crippen LogP contribution in [0.2, 0.25) is 0 Å². The number of hydrogen-bond acceptors (Lipinski definition) is 4. The van der Waals surface area contributed by atoms with Crippen LogP contribution in [0.15, 0.2) is 54.7 Å². The van der Waals surface area contributed by atoms with Crippen molar-refractivity contribution >= 4 is 16.6 Å². The molecule has 0 spiro atoms. The summed E-state index contributed by atoms with van der Waals surface area (Å²) in [5, 5.41) is 10.8. The summed E-state index contributed by atoms with van der Waals surface area (Å²) in [6.45, 7) is 4.06. The first-order valence-corrected chi connectivity index (χ1v) is 8.49. The predicted octanol–water partition coefficient (Wildman–Crippen LogP) is 3.40. The molecule has 25 heavy (non-hydrogen) atoms. The molecule has 0 amide bonds. The third-order valence-electron chi connectivity index (χ3n) is 4.74. The van der Waals surface area contributed by atoms with Gasteiger partial charge in [0.1, 0.15) is 11.6 Å². The molecule has 4 rings (SSSR count). The van der Waals surface area contributed by atoms with Crippen molar-refractivity contribution in [3.05, 3.63) is 66.1 Å². The molecule has 3 aromatic rings. The Labute approximate surface area is 146 Å². The average Bonchev–Trinajstić information content (AvgIpc) is 2.63. The van der Waals surface area contributed by atoms with Gasteiger partial charge in [0.05, 0.1) is 11.2 Å². The Balaban J connectivity index is 1.48. The molecular weight excluding hydrogens is 317 g/mol. The number of pyridine rings is 1. The van der Waals surface area contributed by atoms with Crippen molar-refractivity contribution in [2.75, 3.05) is 31.1 Å². The molecule has 1 aliphatic rings. The van der Waals surface area contributed by atoms with E-state index in [1.165, 1.54) is 6.07 Å². The normalized spacial score (nSPS) is 15.6. The molecule has 0 aliphatic carbocycles. The first-order valence-electron chi connectivity index (χ1n) is 8.49.